The number of alkyl halides is 1. The van der Waals surface area contributed by atoms with Crippen LogP contribution in [0.3, 0.4) is 0 Å². The Morgan fingerprint density at radius 3 is 2.62 bits per heavy atom. The van der Waals surface area contributed by atoms with Crippen molar-refractivity contribution in [2.75, 3.05) is 32.7 Å². The zero-order valence-corrected chi connectivity index (χ0v) is 22.6. The molecule has 1 aliphatic carbocycles. The first-order valence-electron chi connectivity index (χ1n) is 13.7. The van der Waals surface area contributed by atoms with Crippen molar-refractivity contribution < 1.29 is 14.3 Å². The Bertz CT molecular complexity index is 1290. The van der Waals surface area contributed by atoms with Crippen LogP contribution in [0.25, 0.3) is 22.2 Å². The van der Waals surface area contributed by atoms with Crippen molar-refractivity contribution in [3.8, 4) is 11.3 Å². The van der Waals surface area contributed by atoms with Crippen LogP contribution in [0.2, 0.25) is 5.02 Å². The number of benzene rings is 2. The van der Waals surface area contributed by atoms with E-state index in [0.717, 1.165) is 98.4 Å². The van der Waals surface area contributed by atoms with Crippen molar-refractivity contribution in [1.82, 2.24) is 14.4 Å². The summed E-state index contributed by atoms with van der Waals surface area (Å²) in [7, 11) is 0. The first-order chi connectivity index (χ1) is 17.9. The molecule has 1 saturated carbocycles. The highest BCUT2D eigenvalue weighted by atomic mass is 35.5. The second-order valence-corrected chi connectivity index (χ2v) is 10.9. The van der Waals surface area contributed by atoms with Gasteiger partial charge in [0, 0.05) is 60.1 Å². The zero-order valence-electron chi connectivity index (χ0n) is 21.9. The molecule has 198 valence electrons. The summed E-state index contributed by atoms with van der Waals surface area (Å²) in [5, 5.41) is 11.4. The van der Waals surface area contributed by atoms with Gasteiger partial charge >= 0.3 is 5.97 Å². The minimum atomic E-state index is -0.945. The number of aromatic carboxylic acids is 1. The molecule has 0 bridgehead atoms. The second kappa shape index (κ2) is 11.1. The highest BCUT2D eigenvalue weighted by Crippen LogP contribution is 2.46. The second-order valence-electron chi connectivity index (χ2n) is 10.5. The van der Waals surface area contributed by atoms with E-state index in [-0.39, 0.29) is 11.5 Å². The van der Waals surface area contributed by atoms with Gasteiger partial charge in [-0.05, 0) is 61.3 Å². The summed E-state index contributed by atoms with van der Waals surface area (Å²) in [5.41, 5.74) is 5.45. The van der Waals surface area contributed by atoms with Crippen LogP contribution in [0.5, 0.6) is 0 Å². The number of halogens is 2. The number of carboxylic acids is 1. The lowest BCUT2D eigenvalue weighted by Crippen LogP contribution is -2.37. The van der Waals surface area contributed by atoms with E-state index in [4.69, 9.17) is 11.6 Å². The number of carbonyl (C=O) groups is 1. The fourth-order valence-electron chi connectivity index (χ4n) is 6.32. The molecule has 0 saturated heterocycles. The fourth-order valence-corrected chi connectivity index (χ4v) is 6.51. The third kappa shape index (κ3) is 5.16. The molecular weight excluding hydrogens is 489 g/mol. The molecule has 1 aromatic heterocycles. The third-order valence-electron chi connectivity index (χ3n) is 8.39. The van der Waals surface area contributed by atoms with Crippen molar-refractivity contribution in [2.24, 2.45) is 0 Å². The monoisotopic (exact) mass is 525 g/mol. The van der Waals surface area contributed by atoms with Gasteiger partial charge < -0.3 is 14.6 Å². The van der Waals surface area contributed by atoms with Gasteiger partial charge in [-0.15, -0.1) is 0 Å². The van der Waals surface area contributed by atoms with E-state index in [9.17, 15) is 9.90 Å². The maximum Gasteiger partial charge on any atom is 0.335 e. The highest BCUT2D eigenvalue weighted by molar-refractivity contribution is 6.30. The lowest BCUT2D eigenvalue weighted by atomic mass is 9.80. The number of aromatic nitrogens is 1. The Morgan fingerprint density at radius 2 is 1.89 bits per heavy atom. The van der Waals surface area contributed by atoms with Crippen LogP contribution in [0.1, 0.15) is 66.9 Å². The maximum atomic E-state index is 15.5. The van der Waals surface area contributed by atoms with Crippen LogP contribution < -0.4 is 0 Å². The van der Waals surface area contributed by atoms with Gasteiger partial charge in [0.2, 0.25) is 0 Å². The van der Waals surface area contributed by atoms with Crippen LogP contribution in [0.15, 0.2) is 36.4 Å². The first kappa shape index (κ1) is 26.2. The summed E-state index contributed by atoms with van der Waals surface area (Å²) in [5.74, 6) is -1.14. The van der Waals surface area contributed by atoms with Gasteiger partial charge in [0.15, 0.2) is 0 Å². The van der Waals surface area contributed by atoms with E-state index >= 15 is 4.39 Å². The molecule has 7 heteroatoms. The van der Waals surface area contributed by atoms with Crippen LogP contribution in [-0.4, -0.2) is 64.3 Å². The van der Waals surface area contributed by atoms with E-state index in [1.807, 2.05) is 12.1 Å². The average molecular weight is 526 g/mol. The molecule has 1 N–H and O–H groups in total. The van der Waals surface area contributed by atoms with Gasteiger partial charge in [-0.1, -0.05) is 50.4 Å². The summed E-state index contributed by atoms with van der Waals surface area (Å²) in [6, 6.07) is 11.4. The number of hydrogen-bond acceptors (Lipinski definition) is 3. The predicted octanol–water partition coefficient (Wildman–Crippen LogP) is 6.81. The standard InChI is InChI=1S/C30H37ClFN3O2/c1-3-33(4-2)13-14-34-15-16-35-27-18-20(30(36)37)9-11-25(27)28(24-7-5-6-8-26(24)32)29(35)23-12-10-22(31)17-21(23)19-34/h9-12,17-18,24,26H,3-8,13-16,19H2,1-2H3,(H,36,37)/t24-,26-/m0/s1. The van der Waals surface area contributed by atoms with E-state index in [0.29, 0.717) is 11.4 Å². The number of likely N-dealkylation sites (N-methyl/N-ethyl adjacent to an activating group) is 1. The van der Waals surface area contributed by atoms with Gasteiger partial charge in [-0.2, -0.15) is 0 Å². The fraction of sp³-hybridized carbons (Fsp3) is 0.500. The molecule has 3 aromatic rings. The Morgan fingerprint density at radius 1 is 1.11 bits per heavy atom. The van der Waals surface area contributed by atoms with Crippen molar-refractivity contribution in [3.63, 3.8) is 0 Å². The molecule has 5 rings (SSSR count). The quantitative estimate of drug-likeness (QED) is 0.368. The Labute approximate surface area is 223 Å². The number of fused-ring (bicyclic) bond motifs is 5. The minimum absolute atomic E-state index is 0.190. The van der Waals surface area contributed by atoms with Crippen molar-refractivity contribution in [1.29, 1.82) is 0 Å². The molecule has 0 unspecified atom stereocenters. The molecule has 0 amide bonds. The Kier molecular flexibility index (Phi) is 7.89. The summed E-state index contributed by atoms with van der Waals surface area (Å²) in [6.07, 6.45) is 2.43. The summed E-state index contributed by atoms with van der Waals surface area (Å²) in [6.45, 7) is 10.7. The van der Waals surface area contributed by atoms with E-state index < -0.39 is 12.1 Å². The third-order valence-corrected chi connectivity index (χ3v) is 8.62. The molecule has 2 aromatic carbocycles. The normalized spacial score (nSPS) is 20.5. The van der Waals surface area contributed by atoms with Gasteiger partial charge in [-0.25, -0.2) is 9.18 Å². The summed E-state index contributed by atoms with van der Waals surface area (Å²) < 4.78 is 17.8. The largest absolute Gasteiger partial charge is 0.478 e. The SMILES string of the molecule is CCN(CC)CCN1CCn2c(c([C@H]3CCCC[C@@H]3F)c3ccc(C(=O)O)cc32)-c2ccc(Cl)cc2C1. The van der Waals surface area contributed by atoms with E-state index in [1.54, 1.807) is 12.1 Å². The molecule has 0 spiro atoms. The predicted molar refractivity (Wildman–Crippen MR) is 149 cm³/mol. The summed E-state index contributed by atoms with van der Waals surface area (Å²) in [4.78, 5) is 16.8. The minimum Gasteiger partial charge on any atom is -0.478 e. The lowest BCUT2D eigenvalue weighted by molar-refractivity contribution is 0.0697. The van der Waals surface area contributed by atoms with Crippen LogP contribution in [0, 0.1) is 0 Å². The Balaban J connectivity index is 1.69. The van der Waals surface area contributed by atoms with E-state index in [2.05, 4.69) is 40.3 Å². The van der Waals surface area contributed by atoms with Gasteiger partial charge in [-0.3, -0.25) is 4.90 Å². The topological polar surface area (TPSA) is 48.7 Å². The molecule has 2 aliphatic rings. The lowest BCUT2D eigenvalue weighted by Gasteiger charge is -2.31. The van der Waals surface area contributed by atoms with Crippen LogP contribution >= 0.6 is 11.6 Å². The number of nitrogens with zero attached hydrogens (tertiary/aromatic N) is 3. The first-order valence-corrected chi connectivity index (χ1v) is 14.1. The molecule has 0 radical (unpaired) electrons. The van der Waals surface area contributed by atoms with Crippen LogP contribution in [0.4, 0.5) is 4.39 Å². The van der Waals surface area contributed by atoms with Crippen LogP contribution in [-0.2, 0) is 13.1 Å². The van der Waals surface area contributed by atoms with Gasteiger partial charge in [0.1, 0.15) is 6.17 Å². The smallest absolute Gasteiger partial charge is 0.335 e. The molecule has 1 fully saturated rings. The van der Waals surface area contributed by atoms with Gasteiger partial charge in [0.25, 0.3) is 0 Å². The Hall–Kier alpha value is -2.41. The van der Waals surface area contributed by atoms with Crippen molar-refractivity contribution in [2.45, 2.75) is 64.7 Å². The van der Waals surface area contributed by atoms with Gasteiger partial charge in [0.05, 0.1) is 11.3 Å². The number of rotatable bonds is 7. The molecule has 2 atom stereocenters. The molecule has 2 heterocycles. The molecule has 5 nitrogen and oxygen atoms in total. The number of hydrogen-bond donors (Lipinski definition) is 1. The average Bonchev–Trinajstić information content (AvgIpc) is 3.19. The van der Waals surface area contributed by atoms with Crippen molar-refractivity contribution in [3.05, 3.63) is 58.1 Å². The molecule has 1 aliphatic heterocycles. The maximum absolute atomic E-state index is 15.5. The van der Waals surface area contributed by atoms with Crippen molar-refractivity contribution >= 4 is 28.5 Å². The van der Waals surface area contributed by atoms with E-state index in [1.165, 1.54) is 0 Å². The molecule has 37 heavy (non-hydrogen) atoms. The summed E-state index contributed by atoms with van der Waals surface area (Å²) >= 11 is 6.51. The highest BCUT2D eigenvalue weighted by Gasteiger charge is 2.34. The number of carboxylic acid groups (broad SMARTS) is 1. The zero-order chi connectivity index (χ0) is 26.1. The molecular formula is C30H37ClFN3O2.